The van der Waals surface area contributed by atoms with Gasteiger partial charge < -0.3 is 10.5 Å². The van der Waals surface area contributed by atoms with Crippen molar-refractivity contribution < 1.29 is 9.53 Å². The molecule has 2 aromatic heterocycles. The van der Waals surface area contributed by atoms with Crippen molar-refractivity contribution in [3.63, 3.8) is 0 Å². The highest BCUT2D eigenvalue weighted by Crippen LogP contribution is 2.29. The highest BCUT2D eigenvalue weighted by molar-refractivity contribution is 5.90. The van der Waals surface area contributed by atoms with Crippen LogP contribution in [-0.2, 0) is 11.8 Å². The number of hydrogen-bond acceptors (Lipinski definition) is 7. The molecule has 0 aliphatic carbocycles. The van der Waals surface area contributed by atoms with Crippen molar-refractivity contribution in [2.75, 3.05) is 18.0 Å². The van der Waals surface area contributed by atoms with Gasteiger partial charge in [0, 0.05) is 24.0 Å². The molecule has 4 rings (SSSR count). The molecule has 0 bridgehead atoms. The summed E-state index contributed by atoms with van der Waals surface area (Å²) in [6.07, 6.45) is 1.16. The number of rotatable bonds is 4. The molecule has 0 saturated carbocycles. The smallest absolute Gasteiger partial charge is 0.414 e. The minimum Gasteiger partial charge on any atom is -0.443 e. The van der Waals surface area contributed by atoms with Crippen LogP contribution in [0.4, 0.5) is 10.5 Å². The number of amides is 1. The Morgan fingerprint density at radius 3 is 2.74 bits per heavy atom. The van der Waals surface area contributed by atoms with Crippen LogP contribution in [0.15, 0.2) is 36.5 Å². The molecule has 27 heavy (non-hydrogen) atoms. The maximum absolute atomic E-state index is 12.0. The van der Waals surface area contributed by atoms with Gasteiger partial charge in [-0.3, -0.25) is 9.88 Å². The molecule has 1 saturated heterocycles. The first kappa shape index (κ1) is 17.1. The third-order valence-corrected chi connectivity index (χ3v) is 4.47. The fourth-order valence-corrected chi connectivity index (χ4v) is 3.07. The Balaban J connectivity index is 1.58. The summed E-state index contributed by atoms with van der Waals surface area (Å²) in [5.41, 5.74) is 10.1. The predicted molar refractivity (Wildman–Crippen MR) is 98.9 cm³/mol. The zero-order valence-electron chi connectivity index (χ0n) is 15.0. The highest BCUT2D eigenvalue weighted by Gasteiger charge is 2.31. The van der Waals surface area contributed by atoms with Gasteiger partial charge >= 0.3 is 6.09 Å². The lowest BCUT2D eigenvalue weighted by Crippen LogP contribution is -2.27. The molecule has 1 amide bonds. The number of carbonyl (C=O) groups is 1. The number of cyclic esters (lactones) is 1. The SMILES string of the molecule is Cc1cc(N2CC(CN)OC2=O)ccc1-c1ccc(-c2nnn(C)n2)nc1. The number of nitrogens with zero attached hydrogens (tertiary/aromatic N) is 6. The van der Waals surface area contributed by atoms with E-state index in [-0.39, 0.29) is 12.2 Å². The monoisotopic (exact) mass is 365 g/mol. The average molecular weight is 365 g/mol. The number of hydrogen-bond donors (Lipinski definition) is 1. The van der Waals surface area contributed by atoms with Gasteiger partial charge in [0.1, 0.15) is 11.8 Å². The summed E-state index contributed by atoms with van der Waals surface area (Å²) >= 11 is 0. The van der Waals surface area contributed by atoms with E-state index in [0.29, 0.717) is 24.6 Å². The molecule has 3 heterocycles. The molecule has 1 atom stereocenters. The van der Waals surface area contributed by atoms with Crippen LogP contribution >= 0.6 is 0 Å². The molecule has 9 heteroatoms. The molecule has 1 fully saturated rings. The molecule has 2 N–H and O–H groups in total. The number of carbonyl (C=O) groups excluding carboxylic acids is 1. The number of benzene rings is 1. The Labute approximate surface area is 155 Å². The first-order chi connectivity index (χ1) is 13.0. The summed E-state index contributed by atoms with van der Waals surface area (Å²) in [7, 11) is 1.71. The van der Waals surface area contributed by atoms with Crippen molar-refractivity contribution >= 4 is 11.8 Å². The zero-order valence-corrected chi connectivity index (χ0v) is 15.0. The van der Waals surface area contributed by atoms with Gasteiger partial charge in [0.05, 0.1) is 13.6 Å². The zero-order chi connectivity index (χ0) is 19.0. The van der Waals surface area contributed by atoms with Gasteiger partial charge in [0.25, 0.3) is 0 Å². The predicted octanol–water partition coefficient (Wildman–Crippen LogP) is 1.53. The quantitative estimate of drug-likeness (QED) is 0.746. The van der Waals surface area contributed by atoms with E-state index in [1.807, 2.05) is 37.3 Å². The second-order valence-electron chi connectivity index (χ2n) is 6.39. The largest absolute Gasteiger partial charge is 0.443 e. The van der Waals surface area contributed by atoms with Gasteiger partial charge in [-0.2, -0.15) is 4.80 Å². The van der Waals surface area contributed by atoms with Crippen LogP contribution in [0.1, 0.15) is 5.56 Å². The molecule has 1 aromatic carbocycles. The van der Waals surface area contributed by atoms with Crippen LogP contribution in [-0.4, -0.2) is 50.5 Å². The lowest BCUT2D eigenvalue weighted by atomic mass is 10.0. The third-order valence-electron chi connectivity index (χ3n) is 4.47. The van der Waals surface area contributed by atoms with Gasteiger partial charge in [-0.25, -0.2) is 4.79 Å². The Morgan fingerprint density at radius 2 is 2.15 bits per heavy atom. The average Bonchev–Trinajstić information content (AvgIpc) is 3.27. The maximum Gasteiger partial charge on any atom is 0.414 e. The topological polar surface area (TPSA) is 112 Å². The van der Waals surface area contributed by atoms with Gasteiger partial charge in [0.15, 0.2) is 0 Å². The molecule has 1 aliphatic heterocycles. The van der Waals surface area contributed by atoms with Crippen LogP contribution in [0.5, 0.6) is 0 Å². The van der Waals surface area contributed by atoms with Crippen LogP contribution in [0.2, 0.25) is 0 Å². The molecule has 9 nitrogen and oxygen atoms in total. The molecule has 138 valence electrons. The first-order valence-electron chi connectivity index (χ1n) is 8.55. The number of tetrazole rings is 1. The molecular formula is C18H19N7O2. The second-order valence-corrected chi connectivity index (χ2v) is 6.39. The van der Waals surface area contributed by atoms with E-state index < -0.39 is 0 Å². The third kappa shape index (κ3) is 3.24. The molecular weight excluding hydrogens is 346 g/mol. The summed E-state index contributed by atoms with van der Waals surface area (Å²) in [4.78, 5) is 19.4. The standard InChI is InChI=1S/C18H19N7O2/c1-11-7-13(25-10-14(8-19)27-18(25)26)4-5-15(11)12-3-6-16(20-9-12)17-21-23-24(2)22-17/h3-7,9,14H,8,10,19H2,1-2H3. The number of nitrogens with two attached hydrogens (primary N) is 1. The lowest BCUT2D eigenvalue weighted by molar-refractivity contribution is 0.145. The van der Waals surface area contributed by atoms with Crippen molar-refractivity contribution in [3.05, 3.63) is 42.1 Å². The number of aromatic nitrogens is 5. The Bertz CT molecular complexity index is 984. The Morgan fingerprint density at radius 1 is 1.30 bits per heavy atom. The maximum atomic E-state index is 12.0. The van der Waals surface area contributed by atoms with Crippen molar-refractivity contribution in [2.45, 2.75) is 13.0 Å². The van der Waals surface area contributed by atoms with Crippen LogP contribution in [0.25, 0.3) is 22.6 Å². The van der Waals surface area contributed by atoms with Crippen molar-refractivity contribution in [1.29, 1.82) is 0 Å². The number of anilines is 1. The second kappa shape index (κ2) is 6.76. The summed E-state index contributed by atoms with van der Waals surface area (Å²) in [6, 6.07) is 9.68. The summed E-state index contributed by atoms with van der Waals surface area (Å²) < 4.78 is 5.22. The number of ether oxygens (including phenoxy) is 1. The van der Waals surface area contributed by atoms with Crippen molar-refractivity contribution in [2.24, 2.45) is 12.8 Å². The molecule has 1 aliphatic rings. The molecule has 0 spiro atoms. The van der Waals surface area contributed by atoms with Gasteiger partial charge in [-0.1, -0.05) is 12.1 Å². The van der Waals surface area contributed by atoms with Crippen molar-refractivity contribution in [3.8, 4) is 22.6 Å². The van der Waals surface area contributed by atoms with Crippen molar-refractivity contribution in [1.82, 2.24) is 25.2 Å². The van der Waals surface area contributed by atoms with E-state index >= 15 is 0 Å². The molecule has 3 aromatic rings. The highest BCUT2D eigenvalue weighted by atomic mass is 16.6. The van der Waals surface area contributed by atoms with E-state index in [1.165, 1.54) is 4.80 Å². The Hall–Kier alpha value is -3.33. The van der Waals surface area contributed by atoms with E-state index in [1.54, 1.807) is 18.1 Å². The summed E-state index contributed by atoms with van der Waals surface area (Å²) in [5, 5.41) is 11.9. The van der Waals surface area contributed by atoms with Crippen LogP contribution in [0, 0.1) is 6.92 Å². The van der Waals surface area contributed by atoms with E-state index in [2.05, 4.69) is 20.4 Å². The van der Waals surface area contributed by atoms with Crippen LogP contribution < -0.4 is 10.6 Å². The fraction of sp³-hybridized carbons (Fsp3) is 0.278. The van der Waals surface area contributed by atoms with E-state index in [9.17, 15) is 4.79 Å². The van der Waals surface area contributed by atoms with Gasteiger partial charge in [-0.05, 0) is 41.5 Å². The lowest BCUT2D eigenvalue weighted by Gasteiger charge is -2.15. The van der Waals surface area contributed by atoms with E-state index in [4.69, 9.17) is 10.5 Å². The van der Waals surface area contributed by atoms with Crippen LogP contribution in [0.3, 0.4) is 0 Å². The number of aryl methyl sites for hydroxylation is 2. The number of pyridine rings is 1. The van der Waals surface area contributed by atoms with E-state index in [0.717, 1.165) is 22.4 Å². The molecule has 1 unspecified atom stereocenters. The summed E-state index contributed by atoms with van der Waals surface area (Å²) in [5.74, 6) is 0.484. The molecule has 0 radical (unpaired) electrons. The fourth-order valence-electron chi connectivity index (χ4n) is 3.07. The first-order valence-corrected chi connectivity index (χ1v) is 8.55. The Kier molecular flexibility index (Phi) is 4.28. The summed E-state index contributed by atoms with van der Waals surface area (Å²) in [6.45, 7) is 2.78. The minimum absolute atomic E-state index is 0.260. The van der Waals surface area contributed by atoms with Gasteiger partial charge in [-0.15, -0.1) is 10.2 Å². The normalized spacial score (nSPS) is 16.6. The minimum atomic E-state index is -0.361. The van der Waals surface area contributed by atoms with Gasteiger partial charge in [0.2, 0.25) is 5.82 Å².